The van der Waals surface area contributed by atoms with Crippen molar-refractivity contribution in [2.24, 2.45) is 0 Å². The lowest BCUT2D eigenvalue weighted by Crippen LogP contribution is -2.05. The fraction of sp³-hybridized carbons (Fsp3) is 0.462. The van der Waals surface area contributed by atoms with Crippen LogP contribution >= 0.6 is 0 Å². The Balaban J connectivity index is 2.32. The van der Waals surface area contributed by atoms with Gasteiger partial charge in [-0.1, -0.05) is 31.4 Å². The minimum atomic E-state index is -0.263. The summed E-state index contributed by atoms with van der Waals surface area (Å²) < 4.78 is 0. The third-order valence-corrected chi connectivity index (χ3v) is 3.17. The zero-order chi connectivity index (χ0) is 10.7. The first-order valence-electron chi connectivity index (χ1n) is 5.60. The van der Waals surface area contributed by atoms with E-state index in [1.165, 1.54) is 38.2 Å². The van der Waals surface area contributed by atoms with Crippen LogP contribution in [0.4, 0.5) is 0 Å². The number of rotatable bonds is 1. The predicted molar refractivity (Wildman–Crippen MR) is 60.2 cm³/mol. The summed E-state index contributed by atoms with van der Waals surface area (Å²) >= 11 is 0. The van der Waals surface area contributed by atoms with E-state index in [9.17, 15) is 9.90 Å². The van der Waals surface area contributed by atoms with Gasteiger partial charge < -0.3 is 5.11 Å². The van der Waals surface area contributed by atoms with E-state index in [4.69, 9.17) is 0 Å². The maximum atomic E-state index is 11.4. The molecule has 1 aromatic carbocycles. The summed E-state index contributed by atoms with van der Waals surface area (Å²) in [6.45, 7) is 0. The van der Waals surface area contributed by atoms with Gasteiger partial charge in [-0.15, -0.1) is 0 Å². The first-order valence-corrected chi connectivity index (χ1v) is 5.60. The minimum absolute atomic E-state index is 0.156. The molecule has 0 aliphatic heterocycles. The van der Waals surface area contributed by atoms with Crippen LogP contribution in [0, 0.1) is 0 Å². The van der Waals surface area contributed by atoms with Crippen LogP contribution in [-0.4, -0.2) is 5.11 Å². The summed E-state index contributed by atoms with van der Waals surface area (Å²) in [7, 11) is 0. The van der Waals surface area contributed by atoms with Crippen molar-refractivity contribution in [3.63, 3.8) is 0 Å². The second-order valence-electron chi connectivity index (χ2n) is 4.25. The van der Waals surface area contributed by atoms with Crippen LogP contribution in [0.1, 0.15) is 43.6 Å². The number of aromatic hydroxyl groups is 1. The van der Waals surface area contributed by atoms with Crippen molar-refractivity contribution in [1.29, 1.82) is 0 Å². The van der Waals surface area contributed by atoms with Crippen molar-refractivity contribution >= 4 is 0 Å². The van der Waals surface area contributed by atoms with E-state index in [2.05, 4.69) is 0 Å². The lowest BCUT2D eigenvalue weighted by molar-refractivity contribution is 0.443. The van der Waals surface area contributed by atoms with Gasteiger partial charge in [-0.2, -0.15) is 0 Å². The maximum absolute atomic E-state index is 11.4. The standard InChI is InChI=1S/C13H16O2/c14-12-8-4-7-11(9-13(12)15)10-5-2-1-3-6-10/h4,7-10H,1-3,5-6H2,(H,14,15). The molecule has 1 N–H and O–H groups in total. The van der Waals surface area contributed by atoms with Crippen LogP contribution in [-0.2, 0) is 0 Å². The summed E-state index contributed by atoms with van der Waals surface area (Å²) in [5, 5.41) is 9.29. The molecule has 2 rings (SSSR count). The van der Waals surface area contributed by atoms with E-state index in [0.717, 1.165) is 5.56 Å². The van der Waals surface area contributed by atoms with Gasteiger partial charge in [0.2, 0.25) is 5.43 Å². The zero-order valence-corrected chi connectivity index (χ0v) is 8.78. The molecule has 0 amide bonds. The third kappa shape index (κ3) is 2.38. The summed E-state index contributed by atoms with van der Waals surface area (Å²) in [4.78, 5) is 11.4. The van der Waals surface area contributed by atoms with Gasteiger partial charge in [0.15, 0.2) is 5.75 Å². The Morgan fingerprint density at radius 1 is 1.13 bits per heavy atom. The molecule has 15 heavy (non-hydrogen) atoms. The quantitative estimate of drug-likeness (QED) is 0.763. The number of hydrogen-bond donors (Lipinski definition) is 1. The molecule has 0 spiro atoms. The second-order valence-corrected chi connectivity index (χ2v) is 4.25. The largest absolute Gasteiger partial charge is 0.504 e. The molecule has 0 bridgehead atoms. The maximum Gasteiger partial charge on any atom is 0.220 e. The second kappa shape index (κ2) is 4.47. The molecule has 1 aromatic rings. The Bertz CT molecular complexity index is 392. The lowest BCUT2D eigenvalue weighted by Gasteiger charge is -2.20. The summed E-state index contributed by atoms with van der Waals surface area (Å²) in [5.41, 5.74) is 0.820. The molecular weight excluding hydrogens is 188 g/mol. The lowest BCUT2D eigenvalue weighted by atomic mass is 9.85. The first kappa shape index (κ1) is 10.2. The highest BCUT2D eigenvalue weighted by Gasteiger charge is 2.15. The van der Waals surface area contributed by atoms with Crippen LogP contribution in [0.3, 0.4) is 0 Å². The summed E-state index contributed by atoms with van der Waals surface area (Å²) in [6, 6.07) is 6.78. The molecule has 1 aliphatic carbocycles. The Morgan fingerprint density at radius 3 is 2.60 bits per heavy atom. The number of hydrogen-bond acceptors (Lipinski definition) is 2. The SMILES string of the molecule is O=c1cc(C2CCCCC2)cccc1O. The molecule has 2 heteroatoms. The minimum Gasteiger partial charge on any atom is -0.504 e. The molecule has 1 aliphatic rings. The van der Waals surface area contributed by atoms with Crippen molar-refractivity contribution in [3.8, 4) is 5.75 Å². The van der Waals surface area contributed by atoms with E-state index < -0.39 is 0 Å². The van der Waals surface area contributed by atoms with Crippen LogP contribution in [0.2, 0.25) is 0 Å². The molecule has 1 fully saturated rings. The van der Waals surface area contributed by atoms with Gasteiger partial charge in [0.05, 0.1) is 0 Å². The van der Waals surface area contributed by atoms with Gasteiger partial charge >= 0.3 is 0 Å². The summed E-state index contributed by atoms with van der Waals surface area (Å²) in [5.74, 6) is 0.357. The van der Waals surface area contributed by atoms with Crippen molar-refractivity contribution in [2.45, 2.75) is 38.0 Å². The van der Waals surface area contributed by atoms with Crippen molar-refractivity contribution < 1.29 is 5.11 Å². The van der Waals surface area contributed by atoms with Gasteiger partial charge in [0.25, 0.3) is 0 Å². The molecule has 0 atom stereocenters. The highest BCUT2D eigenvalue weighted by molar-refractivity contribution is 5.26. The van der Waals surface area contributed by atoms with Crippen molar-refractivity contribution in [1.82, 2.24) is 0 Å². The van der Waals surface area contributed by atoms with E-state index in [0.29, 0.717) is 5.92 Å². The zero-order valence-electron chi connectivity index (χ0n) is 8.78. The van der Waals surface area contributed by atoms with Crippen LogP contribution in [0.25, 0.3) is 0 Å². The van der Waals surface area contributed by atoms with Gasteiger partial charge in [0, 0.05) is 0 Å². The summed E-state index contributed by atoms with van der Waals surface area (Å²) in [6.07, 6.45) is 6.16. The molecule has 0 radical (unpaired) electrons. The topological polar surface area (TPSA) is 37.3 Å². The van der Waals surface area contributed by atoms with Crippen molar-refractivity contribution in [3.05, 3.63) is 40.1 Å². The normalized spacial score (nSPS) is 17.6. The van der Waals surface area contributed by atoms with E-state index >= 15 is 0 Å². The van der Waals surface area contributed by atoms with Gasteiger partial charge in [-0.3, -0.25) is 4.79 Å². The fourth-order valence-electron chi connectivity index (χ4n) is 2.30. The molecule has 80 valence electrons. The molecule has 1 saturated carbocycles. The third-order valence-electron chi connectivity index (χ3n) is 3.17. The Labute approximate surface area is 89.6 Å². The average Bonchev–Trinajstić information content (AvgIpc) is 2.43. The van der Waals surface area contributed by atoms with Gasteiger partial charge in [0.1, 0.15) is 0 Å². The molecule has 2 nitrogen and oxygen atoms in total. The Morgan fingerprint density at radius 2 is 1.87 bits per heavy atom. The Hall–Kier alpha value is -1.31. The highest BCUT2D eigenvalue weighted by Crippen LogP contribution is 2.31. The molecule has 0 unspecified atom stereocenters. The van der Waals surface area contributed by atoms with Crippen LogP contribution in [0.15, 0.2) is 29.1 Å². The molecule has 0 heterocycles. The van der Waals surface area contributed by atoms with E-state index in [1.54, 1.807) is 12.1 Å². The fourth-order valence-corrected chi connectivity index (χ4v) is 2.30. The predicted octanol–water partition coefficient (Wildman–Crippen LogP) is 2.80. The Kier molecular flexibility index (Phi) is 3.05. The van der Waals surface area contributed by atoms with Gasteiger partial charge in [-0.05, 0) is 36.5 Å². The van der Waals surface area contributed by atoms with E-state index in [1.807, 2.05) is 6.07 Å². The van der Waals surface area contributed by atoms with Crippen molar-refractivity contribution in [2.75, 3.05) is 0 Å². The average molecular weight is 204 g/mol. The van der Waals surface area contributed by atoms with Gasteiger partial charge in [-0.25, -0.2) is 0 Å². The first-order chi connectivity index (χ1) is 7.27. The molecule has 0 aromatic heterocycles. The monoisotopic (exact) mass is 204 g/mol. The van der Waals surface area contributed by atoms with Crippen LogP contribution < -0.4 is 5.43 Å². The molecule has 0 saturated heterocycles. The van der Waals surface area contributed by atoms with E-state index in [-0.39, 0.29) is 11.2 Å². The van der Waals surface area contributed by atoms with Crippen LogP contribution in [0.5, 0.6) is 5.75 Å². The highest BCUT2D eigenvalue weighted by atomic mass is 16.3. The smallest absolute Gasteiger partial charge is 0.220 e. The molecular formula is C13H16O2.